The third-order valence-corrected chi connectivity index (χ3v) is 6.09. The number of fused-ring (bicyclic) bond motifs is 2. The molecule has 11 heteroatoms. The van der Waals surface area contributed by atoms with Crippen molar-refractivity contribution < 1.29 is 9.59 Å². The topological polar surface area (TPSA) is 128 Å². The molecule has 0 unspecified atom stereocenters. The molecule has 4 aromatic rings. The number of rotatable bonds is 8. The van der Waals surface area contributed by atoms with Crippen molar-refractivity contribution in [3.05, 3.63) is 68.6 Å². The number of hydrogen-bond donors (Lipinski definition) is 1. The molecule has 4 heterocycles. The maximum atomic E-state index is 12.9. The van der Waals surface area contributed by atoms with Crippen LogP contribution >= 0.6 is 0 Å². The standard InChI is InChI=1S/C24H25N7O4/c1-3-9-29-20-18(23(34)31(10-4-2)24(29)35)26-19(27-20)15-13-25-28(14-15)11-12-30-21(32)16-7-5-6-8-17(16)22(30)33/h5-8,13-14H,3-4,9-12H2,1-2H3,(H,26,27). The van der Waals surface area contributed by atoms with Crippen molar-refractivity contribution in [2.45, 2.75) is 46.3 Å². The molecule has 0 fully saturated rings. The number of carbonyl (C=O) groups excluding carboxylic acids is 2. The zero-order valence-electron chi connectivity index (χ0n) is 19.5. The third kappa shape index (κ3) is 3.69. The molecule has 0 saturated heterocycles. The SMILES string of the molecule is CCCn1c(=O)c2[nH]c(-c3cnn(CCN4C(=O)c5ccccc5C4=O)c3)nc2n(CCC)c1=O. The molecule has 0 spiro atoms. The summed E-state index contributed by atoms with van der Waals surface area (Å²) in [4.78, 5) is 59.8. The summed E-state index contributed by atoms with van der Waals surface area (Å²) in [5.74, 6) is -0.206. The summed E-state index contributed by atoms with van der Waals surface area (Å²) in [6.45, 7) is 5.12. The summed E-state index contributed by atoms with van der Waals surface area (Å²) < 4.78 is 4.38. The first-order chi connectivity index (χ1) is 16.9. The van der Waals surface area contributed by atoms with Gasteiger partial charge >= 0.3 is 5.69 Å². The first kappa shape index (κ1) is 22.5. The fourth-order valence-electron chi connectivity index (χ4n) is 4.40. The van der Waals surface area contributed by atoms with Gasteiger partial charge in [0.1, 0.15) is 11.3 Å². The van der Waals surface area contributed by atoms with E-state index >= 15 is 0 Å². The van der Waals surface area contributed by atoms with Gasteiger partial charge in [0.2, 0.25) is 0 Å². The number of benzene rings is 1. The van der Waals surface area contributed by atoms with Crippen molar-refractivity contribution in [3.8, 4) is 11.4 Å². The van der Waals surface area contributed by atoms with Crippen molar-refractivity contribution in [1.82, 2.24) is 33.8 Å². The largest absolute Gasteiger partial charge is 0.332 e. The van der Waals surface area contributed by atoms with Gasteiger partial charge in [0.15, 0.2) is 5.65 Å². The summed E-state index contributed by atoms with van der Waals surface area (Å²) >= 11 is 0. The van der Waals surface area contributed by atoms with Crippen LogP contribution in [0.4, 0.5) is 0 Å². The van der Waals surface area contributed by atoms with Gasteiger partial charge < -0.3 is 4.98 Å². The molecule has 180 valence electrons. The fourth-order valence-corrected chi connectivity index (χ4v) is 4.40. The van der Waals surface area contributed by atoms with Crippen molar-refractivity contribution in [1.29, 1.82) is 0 Å². The number of nitrogens with zero attached hydrogens (tertiary/aromatic N) is 6. The van der Waals surface area contributed by atoms with Crippen molar-refractivity contribution in [2.24, 2.45) is 0 Å². The van der Waals surface area contributed by atoms with Gasteiger partial charge in [-0.15, -0.1) is 0 Å². The second-order valence-corrected chi connectivity index (χ2v) is 8.47. The first-order valence-corrected chi connectivity index (χ1v) is 11.7. The van der Waals surface area contributed by atoms with Crippen molar-refractivity contribution >= 4 is 23.0 Å². The Morgan fingerprint density at radius 2 is 1.51 bits per heavy atom. The normalized spacial score (nSPS) is 13.3. The number of hydrogen-bond acceptors (Lipinski definition) is 6. The van der Waals surface area contributed by atoms with Crippen LogP contribution < -0.4 is 11.2 Å². The average Bonchev–Trinajstić information content (AvgIpc) is 3.56. The maximum Gasteiger partial charge on any atom is 0.332 e. The number of H-pyrrole nitrogens is 1. The minimum Gasteiger partial charge on any atom is -0.332 e. The Morgan fingerprint density at radius 1 is 0.857 bits per heavy atom. The number of amides is 2. The van der Waals surface area contributed by atoms with Crippen LogP contribution in [0, 0.1) is 0 Å². The van der Waals surface area contributed by atoms with Crippen LogP contribution in [0.5, 0.6) is 0 Å². The number of aromatic nitrogens is 6. The zero-order chi connectivity index (χ0) is 24.7. The van der Waals surface area contributed by atoms with Gasteiger partial charge in [-0.05, 0) is 25.0 Å². The molecular weight excluding hydrogens is 450 g/mol. The van der Waals surface area contributed by atoms with E-state index in [1.165, 1.54) is 14.0 Å². The highest BCUT2D eigenvalue weighted by Gasteiger charge is 2.34. The molecule has 0 atom stereocenters. The van der Waals surface area contributed by atoms with E-state index in [0.29, 0.717) is 54.2 Å². The predicted octanol–water partition coefficient (Wildman–Crippen LogP) is 1.87. The average molecular weight is 476 g/mol. The summed E-state index contributed by atoms with van der Waals surface area (Å²) in [7, 11) is 0. The van der Waals surface area contributed by atoms with Gasteiger partial charge in [0.25, 0.3) is 17.4 Å². The fraction of sp³-hybridized carbons (Fsp3) is 0.333. The molecule has 35 heavy (non-hydrogen) atoms. The van der Waals surface area contributed by atoms with Crippen molar-refractivity contribution in [2.75, 3.05) is 6.54 Å². The van der Waals surface area contributed by atoms with Crippen LogP contribution in [0.3, 0.4) is 0 Å². The lowest BCUT2D eigenvalue weighted by Crippen LogP contribution is -2.40. The van der Waals surface area contributed by atoms with Gasteiger partial charge in [0, 0.05) is 25.8 Å². The molecule has 2 amide bonds. The van der Waals surface area contributed by atoms with Crippen LogP contribution in [0.25, 0.3) is 22.6 Å². The van der Waals surface area contributed by atoms with E-state index in [-0.39, 0.29) is 29.6 Å². The second kappa shape index (κ2) is 8.82. The zero-order valence-corrected chi connectivity index (χ0v) is 19.5. The molecule has 3 aromatic heterocycles. The maximum absolute atomic E-state index is 12.9. The Hall–Kier alpha value is -4.28. The highest BCUT2D eigenvalue weighted by molar-refractivity contribution is 6.21. The summed E-state index contributed by atoms with van der Waals surface area (Å²) in [6, 6.07) is 6.76. The van der Waals surface area contributed by atoms with Gasteiger partial charge in [-0.25, -0.2) is 9.78 Å². The van der Waals surface area contributed by atoms with Crippen LogP contribution in [-0.2, 0) is 19.6 Å². The molecule has 1 aromatic carbocycles. The molecule has 0 saturated carbocycles. The van der Waals surface area contributed by atoms with E-state index in [1.54, 1.807) is 41.3 Å². The summed E-state index contributed by atoms with van der Waals surface area (Å²) in [5.41, 5.74) is 1.29. The quantitative estimate of drug-likeness (QED) is 0.388. The lowest BCUT2D eigenvalue weighted by Gasteiger charge is -2.13. The van der Waals surface area contributed by atoms with E-state index in [0.717, 1.165) is 6.42 Å². The van der Waals surface area contributed by atoms with Gasteiger partial charge in [0.05, 0.1) is 29.4 Å². The van der Waals surface area contributed by atoms with E-state index in [1.807, 2.05) is 13.8 Å². The Bertz CT molecular complexity index is 1540. The Balaban J connectivity index is 1.42. The third-order valence-electron chi connectivity index (χ3n) is 6.09. The number of imide groups is 1. The smallest absolute Gasteiger partial charge is 0.332 e. The van der Waals surface area contributed by atoms with Crippen LogP contribution in [0.15, 0.2) is 46.2 Å². The second-order valence-electron chi connectivity index (χ2n) is 8.47. The molecule has 11 nitrogen and oxygen atoms in total. The van der Waals surface area contributed by atoms with E-state index in [2.05, 4.69) is 15.1 Å². The monoisotopic (exact) mass is 475 g/mol. The predicted molar refractivity (Wildman–Crippen MR) is 128 cm³/mol. The highest BCUT2D eigenvalue weighted by Crippen LogP contribution is 2.23. The van der Waals surface area contributed by atoms with Gasteiger partial charge in [-0.2, -0.15) is 5.10 Å². The molecule has 5 rings (SSSR count). The number of aromatic amines is 1. The van der Waals surface area contributed by atoms with E-state index in [4.69, 9.17) is 0 Å². The molecule has 0 radical (unpaired) electrons. The van der Waals surface area contributed by atoms with Crippen LogP contribution in [0.1, 0.15) is 47.4 Å². The van der Waals surface area contributed by atoms with Gasteiger partial charge in [-0.1, -0.05) is 26.0 Å². The molecule has 0 aliphatic carbocycles. The number of imidazole rings is 1. The molecule has 0 bridgehead atoms. The number of aryl methyl sites for hydroxylation is 1. The van der Waals surface area contributed by atoms with Crippen LogP contribution in [0.2, 0.25) is 0 Å². The molecule has 1 aliphatic heterocycles. The minimum absolute atomic E-state index is 0.172. The van der Waals surface area contributed by atoms with Crippen molar-refractivity contribution in [3.63, 3.8) is 0 Å². The Kier molecular flexibility index (Phi) is 5.67. The van der Waals surface area contributed by atoms with E-state index < -0.39 is 5.56 Å². The van der Waals surface area contributed by atoms with E-state index in [9.17, 15) is 19.2 Å². The molecule has 1 N–H and O–H groups in total. The van der Waals surface area contributed by atoms with Crippen LogP contribution in [-0.4, -0.2) is 52.1 Å². The minimum atomic E-state index is -0.393. The Morgan fingerprint density at radius 3 is 2.17 bits per heavy atom. The van der Waals surface area contributed by atoms with Gasteiger partial charge in [-0.3, -0.25) is 33.1 Å². The summed E-state index contributed by atoms with van der Waals surface area (Å²) in [5, 5.41) is 4.32. The molecular formula is C24H25N7O4. The lowest BCUT2D eigenvalue weighted by atomic mass is 10.1. The Labute approximate surface area is 199 Å². The summed E-state index contributed by atoms with van der Waals surface area (Å²) in [6.07, 6.45) is 4.70. The molecule has 1 aliphatic rings. The highest BCUT2D eigenvalue weighted by atomic mass is 16.2. The number of nitrogens with one attached hydrogen (secondary N) is 1. The first-order valence-electron chi connectivity index (χ1n) is 11.7. The lowest BCUT2D eigenvalue weighted by molar-refractivity contribution is 0.0647. The number of carbonyl (C=O) groups is 2.